The van der Waals surface area contributed by atoms with Gasteiger partial charge in [0, 0.05) is 5.41 Å². The Bertz CT molecular complexity index is 874. The SMILES string of the molecule is Cc1ccc(/C=C2\CC3C4CC=C5CC(O)CCC5(C)C4CCC3(C)C2=O)o1. The minimum atomic E-state index is -0.218. The summed E-state index contributed by atoms with van der Waals surface area (Å²) in [5.41, 5.74) is 2.45. The van der Waals surface area contributed by atoms with Crippen molar-refractivity contribution in [1.29, 1.82) is 0 Å². The van der Waals surface area contributed by atoms with Crippen molar-refractivity contribution >= 4 is 11.9 Å². The number of aliphatic hydroxyl groups excluding tert-OH is 1. The van der Waals surface area contributed by atoms with Crippen LogP contribution in [0.1, 0.15) is 70.3 Å². The maximum atomic E-state index is 13.4. The average Bonchev–Trinajstić information content (AvgIpc) is 3.18. The van der Waals surface area contributed by atoms with E-state index >= 15 is 0 Å². The number of rotatable bonds is 1. The van der Waals surface area contributed by atoms with Gasteiger partial charge >= 0.3 is 0 Å². The van der Waals surface area contributed by atoms with Gasteiger partial charge in [-0.3, -0.25) is 4.79 Å². The molecule has 0 bridgehead atoms. The van der Waals surface area contributed by atoms with E-state index in [1.54, 1.807) is 0 Å². The lowest BCUT2D eigenvalue weighted by atomic mass is 9.48. The molecule has 0 amide bonds. The fraction of sp³-hybridized carbons (Fsp3) is 0.640. The van der Waals surface area contributed by atoms with Crippen LogP contribution in [0.4, 0.5) is 0 Å². The summed E-state index contributed by atoms with van der Waals surface area (Å²) in [4.78, 5) is 13.4. The van der Waals surface area contributed by atoms with Crippen molar-refractivity contribution in [2.75, 3.05) is 0 Å². The van der Waals surface area contributed by atoms with Crippen LogP contribution in [-0.4, -0.2) is 17.0 Å². The predicted molar refractivity (Wildman–Crippen MR) is 110 cm³/mol. The minimum Gasteiger partial charge on any atom is -0.462 e. The van der Waals surface area contributed by atoms with Gasteiger partial charge in [-0.05, 0) is 98.8 Å². The summed E-state index contributed by atoms with van der Waals surface area (Å²) in [7, 11) is 0. The summed E-state index contributed by atoms with van der Waals surface area (Å²) in [6.45, 7) is 6.60. The van der Waals surface area contributed by atoms with Crippen molar-refractivity contribution < 1.29 is 14.3 Å². The van der Waals surface area contributed by atoms with E-state index in [0.29, 0.717) is 23.5 Å². The maximum absolute atomic E-state index is 13.4. The fourth-order valence-electron chi connectivity index (χ4n) is 7.14. The third-order valence-corrected chi connectivity index (χ3v) is 8.80. The van der Waals surface area contributed by atoms with E-state index in [1.165, 1.54) is 5.57 Å². The Morgan fingerprint density at radius 1 is 1.11 bits per heavy atom. The molecule has 6 unspecified atom stereocenters. The van der Waals surface area contributed by atoms with E-state index < -0.39 is 0 Å². The molecule has 4 aliphatic rings. The van der Waals surface area contributed by atoms with Gasteiger partial charge in [0.25, 0.3) is 0 Å². The summed E-state index contributed by atoms with van der Waals surface area (Å²) in [6, 6.07) is 3.93. The number of hydrogen-bond donors (Lipinski definition) is 1. The smallest absolute Gasteiger partial charge is 0.165 e. The molecule has 0 saturated heterocycles. The average molecular weight is 381 g/mol. The summed E-state index contributed by atoms with van der Waals surface area (Å²) in [5, 5.41) is 10.2. The first kappa shape index (κ1) is 18.4. The molecule has 1 N–H and O–H groups in total. The highest BCUT2D eigenvalue weighted by Gasteiger charge is 2.59. The summed E-state index contributed by atoms with van der Waals surface area (Å²) < 4.78 is 5.72. The zero-order chi connectivity index (χ0) is 19.7. The molecule has 3 heteroatoms. The van der Waals surface area contributed by atoms with Crippen LogP contribution < -0.4 is 0 Å². The number of Topliss-reactive ketones (excluding diaryl/α,β-unsaturated/α-hetero) is 1. The normalized spacial score (nSPS) is 44.1. The van der Waals surface area contributed by atoms with Gasteiger partial charge in [-0.15, -0.1) is 0 Å². The van der Waals surface area contributed by atoms with Gasteiger partial charge in [0.15, 0.2) is 5.78 Å². The van der Waals surface area contributed by atoms with Gasteiger partial charge in [-0.1, -0.05) is 25.5 Å². The number of hydrogen-bond acceptors (Lipinski definition) is 3. The molecule has 0 radical (unpaired) electrons. The predicted octanol–water partition coefficient (Wildman–Crippen LogP) is 5.47. The molecule has 1 aromatic rings. The molecule has 1 heterocycles. The number of furan rings is 1. The Labute approximate surface area is 167 Å². The van der Waals surface area contributed by atoms with E-state index in [9.17, 15) is 9.90 Å². The van der Waals surface area contributed by atoms with E-state index in [4.69, 9.17) is 4.42 Å². The Kier molecular flexibility index (Phi) is 4.07. The zero-order valence-corrected chi connectivity index (χ0v) is 17.3. The second-order valence-corrected chi connectivity index (χ2v) is 10.3. The first-order chi connectivity index (χ1) is 13.3. The Balaban J connectivity index is 1.48. The van der Waals surface area contributed by atoms with Crippen LogP contribution in [0.25, 0.3) is 6.08 Å². The third-order valence-electron chi connectivity index (χ3n) is 8.80. The molecule has 0 aliphatic heterocycles. The molecule has 5 rings (SSSR count). The van der Waals surface area contributed by atoms with Gasteiger partial charge < -0.3 is 9.52 Å². The van der Waals surface area contributed by atoms with E-state index in [0.717, 1.165) is 62.0 Å². The maximum Gasteiger partial charge on any atom is 0.165 e. The van der Waals surface area contributed by atoms with Gasteiger partial charge in [-0.2, -0.15) is 0 Å². The van der Waals surface area contributed by atoms with E-state index in [2.05, 4.69) is 19.9 Å². The van der Waals surface area contributed by atoms with Crippen molar-refractivity contribution in [3.8, 4) is 0 Å². The zero-order valence-electron chi connectivity index (χ0n) is 17.3. The van der Waals surface area contributed by atoms with Crippen LogP contribution in [0.3, 0.4) is 0 Å². The summed E-state index contributed by atoms with van der Waals surface area (Å²) in [6.07, 6.45) is 11.2. The Hall–Kier alpha value is -1.61. The lowest BCUT2D eigenvalue weighted by molar-refractivity contribution is -0.130. The molecule has 0 aromatic carbocycles. The van der Waals surface area contributed by atoms with Crippen LogP contribution in [-0.2, 0) is 4.79 Å². The van der Waals surface area contributed by atoms with Crippen molar-refractivity contribution in [2.24, 2.45) is 28.6 Å². The Morgan fingerprint density at radius 3 is 2.64 bits per heavy atom. The van der Waals surface area contributed by atoms with Gasteiger partial charge in [0.1, 0.15) is 11.5 Å². The van der Waals surface area contributed by atoms with Crippen molar-refractivity contribution in [1.82, 2.24) is 0 Å². The van der Waals surface area contributed by atoms with Crippen LogP contribution in [0, 0.1) is 35.5 Å². The largest absolute Gasteiger partial charge is 0.462 e. The van der Waals surface area contributed by atoms with E-state index in [1.807, 2.05) is 25.1 Å². The highest BCUT2D eigenvalue weighted by Crippen LogP contribution is 2.64. The number of carbonyl (C=O) groups is 1. The second kappa shape index (κ2) is 6.19. The summed E-state index contributed by atoms with van der Waals surface area (Å²) in [5.74, 6) is 3.70. The van der Waals surface area contributed by atoms with Crippen molar-refractivity contribution in [2.45, 2.75) is 71.8 Å². The second-order valence-electron chi connectivity index (χ2n) is 10.3. The topological polar surface area (TPSA) is 50.4 Å². The molecule has 1 aromatic heterocycles. The van der Waals surface area contributed by atoms with Gasteiger partial charge in [-0.25, -0.2) is 0 Å². The number of aryl methyl sites for hydroxylation is 1. The molecule has 6 atom stereocenters. The van der Waals surface area contributed by atoms with Crippen LogP contribution in [0.15, 0.2) is 33.8 Å². The molecule has 28 heavy (non-hydrogen) atoms. The van der Waals surface area contributed by atoms with Crippen LogP contribution in [0.2, 0.25) is 0 Å². The number of carbonyl (C=O) groups excluding carboxylic acids is 1. The number of ketones is 1. The molecular weight excluding hydrogens is 348 g/mol. The van der Waals surface area contributed by atoms with Crippen molar-refractivity contribution in [3.05, 3.63) is 40.9 Å². The van der Waals surface area contributed by atoms with E-state index in [-0.39, 0.29) is 16.9 Å². The minimum absolute atomic E-state index is 0.163. The lowest BCUT2D eigenvalue weighted by Crippen LogP contribution is -2.50. The fourth-order valence-corrected chi connectivity index (χ4v) is 7.14. The molecule has 3 fully saturated rings. The molecule has 4 aliphatic carbocycles. The Morgan fingerprint density at radius 2 is 1.89 bits per heavy atom. The highest BCUT2D eigenvalue weighted by molar-refractivity contribution is 6.05. The monoisotopic (exact) mass is 380 g/mol. The quantitative estimate of drug-likeness (QED) is 0.519. The third kappa shape index (κ3) is 2.55. The molecule has 150 valence electrons. The first-order valence-corrected chi connectivity index (χ1v) is 11.0. The lowest BCUT2D eigenvalue weighted by Gasteiger charge is -2.56. The number of fused-ring (bicyclic) bond motifs is 5. The highest BCUT2D eigenvalue weighted by atomic mass is 16.3. The van der Waals surface area contributed by atoms with Crippen LogP contribution in [0.5, 0.6) is 0 Å². The molecule has 3 nitrogen and oxygen atoms in total. The van der Waals surface area contributed by atoms with Crippen LogP contribution >= 0.6 is 0 Å². The number of aliphatic hydroxyl groups is 1. The standard InChI is InChI=1S/C25H32O3/c1-15-4-6-19(28-15)12-16-13-22-20-7-5-17-14-18(26)8-10-24(17,2)21(20)9-11-25(22,3)23(16)27/h4-6,12,18,20-22,26H,7-11,13-14H2,1-3H3/b16-12+. The van der Waals surface area contributed by atoms with Gasteiger partial charge in [0.05, 0.1) is 6.10 Å². The van der Waals surface area contributed by atoms with Crippen molar-refractivity contribution in [3.63, 3.8) is 0 Å². The summed E-state index contributed by atoms with van der Waals surface area (Å²) >= 11 is 0. The molecular formula is C25H32O3. The molecule has 3 saturated carbocycles. The number of allylic oxidation sites excluding steroid dienone is 2. The first-order valence-electron chi connectivity index (χ1n) is 11.0. The molecule has 0 spiro atoms. The van der Waals surface area contributed by atoms with Gasteiger partial charge in [0.2, 0.25) is 0 Å².